The first-order valence-electron chi connectivity index (χ1n) is 14.9. The number of ether oxygens (including phenoxy) is 4. The van der Waals surface area contributed by atoms with Crippen molar-refractivity contribution in [2.75, 3.05) is 20.8 Å². The molecule has 2 aromatic carbocycles. The summed E-state index contributed by atoms with van der Waals surface area (Å²) in [7, 11) is 3.28. The fourth-order valence-corrected chi connectivity index (χ4v) is 5.67. The van der Waals surface area contributed by atoms with Gasteiger partial charge in [0.2, 0.25) is 11.8 Å². The topological polar surface area (TPSA) is 126 Å². The second-order valence-electron chi connectivity index (χ2n) is 10.9. The largest absolute Gasteiger partial charge is 0.497 e. The summed E-state index contributed by atoms with van der Waals surface area (Å²) in [5.74, 6) is 3.79. The van der Waals surface area contributed by atoms with Crippen LogP contribution in [0, 0.1) is 19.8 Å². The van der Waals surface area contributed by atoms with Crippen LogP contribution in [-0.4, -0.2) is 54.1 Å². The maximum Gasteiger partial charge on any atom is 0.332 e. The van der Waals surface area contributed by atoms with Crippen LogP contribution in [0.15, 0.2) is 57.4 Å². The van der Waals surface area contributed by atoms with Crippen LogP contribution in [0.2, 0.25) is 0 Å². The smallest absolute Gasteiger partial charge is 0.332 e. The van der Waals surface area contributed by atoms with E-state index in [1.165, 1.54) is 0 Å². The lowest BCUT2D eigenvalue weighted by Gasteiger charge is -2.29. The first-order chi connectivity index (χ1) is 21.7. The molecule has 0 spiro atoms. The van der Waals surface area contributed by atoms with E-state index in [0.717, 1.165) is 75.6 Å². The summed E-state index contributed by atoms with van der Waals surface area (Å²) in [6.07, 6.45) is 3.29. The molecule has 242 valence electrons. The van der Waals surface area contributed by atoms with E-state index in [0.29, 0.717) is 30.9 Å². The van der Waals surface area contributed by atoms with Crippen molar-refractivity contribution < 1.29 is 37.7 Å². The zero-order chi connectivity index (χ0) is 32.3. The summed E-state index contributed by atoms with van der Waals surface area (Å²) in [4.78, 5) is 19.9. The fraction of sp³-hybridized carbons (Fsp3) is 0.441. The zero-order valence-electron chi connectivity index (χ0n) is 26.4. The van der Waals surface area contributed by atoms with Crippen molar-refractivity contribution in [3.8, 4) is 34.4 Å². The lowest BCUT2D eigenvalue weighted by Crippen LogP contribution is -2.29. The second kappa shape index (κ2) is 16.8. The fourth-order valence-electron chi connectivity index (χ4n) is 4.97. The number of carbonyl (C=O) groups is 1. The van der Waals surface area contributed by atoms with Gasteiger partial charge in [-0.05, 0) is 82.3 Å². The number of methoxy groups -OCH3 is 2. The Balaban J connectivity index is 0.000000242. The van der Waals surface area contributed by atoms with E-state index in [-0.39, 0.29) is 6.10 Å². The Labute approximate surface area is 277 Å². The van der Waals surface area contributed by atoms with Crippen LogP contribution in [0.4, 0.5) is 0 Å². The molecule has 2 heterocycles. The van der Waals surface area contributed by atoms with Crippen LogP contribution >= 0.6 is 22.6 Å². The molecular weight excluding hydrogens is 691 g/mol. The molecule has 0 saturated heterocycles. The molecule has 0 bridgehead atoms. The molecule has 0 amide bonds. The van der Waals surface area contributed by atoms with Crippen LogP contribution in [0.25, 0.3) is 22.9 Å². The van der Waals surface area contributed by atoms with E-state index in [1.54, 1.807) is 21.1 Å². The molecule has 0 aliphatic heterocycles. The highest BCUT2D eigenvalue weighted by atomic mass is 127. The molecule has 0 radical (unpaired) electrons. The molecule has 5 rings (SSSR count). The number of benzene rings is 2. The molecule has 1 fully saturated rings. The van der Waals surface area contributed by atoms with E-state index >= 15 is 0 Å². The maximum absolute atomic E-state index is 10.9. The van der Waals surface area contributed by atoms with Crippen molar-refractivity contribution in [2.45, 2.75) is 69.7 Å². The Hall–Kier alpha value is -3.42. The summed E-state index contributed by atoms with van der Waals surface area (Å²) < 4.78 is 34.3. The van der Waals surface area contributed by atoms with Crippen LogP contribution in [0.1, 0.15) is 55.5 Å². The Bertz CT molecular complexity index is 1530. The molecule has 2 aromatic heterocycles. The molecule has 1 N–H and O–H groups in total. The monoisotopic (exact) mass is 732 g/mol. The molecule has 11 heteroatoms. The quantitative estimate of drug-likeness (QED) is 0.114. The predicted octanol–water partition coefficient (Wildman–Crippen LogP) is 7.82. The number of aryl methyl sites for hydroxylation is 2. The van der Waals surface area contributed by atoms with Gasteiger partial charge in [0.25, 0.3) is 0 Å². The molecule has 1 aliphatic rings. The zero-order valence-corrected chi connectivity index (χ0v) is 28.5. The number of carboxylic acids is 1. The first kappa shape index (κ1) is 34.5. The number of halogens is 1. The van der Waals surface area contributed by atoms with Gasteiger partial charge in [0.05, 0.1) is 39.2 Å². The lowest BCUT2D eigenvalue weighted by atomic mass is 9.87. The normalized spacial score (nSPS) is 16.8. The summed E-state index contributed by atoms with van der Waals surface area (Å²) in [5, 5.41) is 8.94. The Morgan fingerprint density at radius 3 is 2.07 bits per heavy atom. The number of rotatable bonds is 12. The molecule has 45 heavy (non-hydrogen) atoms. The number of carboxylic acid groups (broad SMARTS) is 1. The third kappa shape index (κ3) is 9.78. The average Bonchev–Trinajstić information content (AvgIpc) is 3.64. The number of nitrogens with zero attached hydrogens (tertiary/aromatic N) is 2. The number of aliphatic carboxylic acids is 1. The van der Waals surface area contributed by atoms with Crippen LogP contribution in [0.5, 0.6) is 11.5 Å². The second-order valence-corrected chi connectivity index (χ2v) is 11.7. The lowest BCUT2D eigenvalue weighted by molar-refractivity contribution is -0.150. The molecule has 4 aromatic rings. The Morgan fingerprint density at radius 1 is 0.956 bits per heavy atom. The Morgan fingerprint density at radius 2 is 1.53 bits per heavy atom. The van der Waals surface area contributed by atoms with Crippen molar-refractivity contribution >= 4 is 28.6 Å². The molecular formula is C34H41IN2O8. The molecule has 1 saturated carbocycles. The molecule has 1 aliphatic carbocycles. The van der Waals surface area contributed by atoms with Crippen molar-refractivity contribution in [3.05, 3.63) is 71.4 Å². The van der Waals surface area contributed by atoms with Gasteiger partial charge in [-0.15, -0.1) is 0 Å². The van der Waals surface area contributed by atoms with Crippen LogP contribution in [0.3, 0.4) is 0 Å². The number of aromatic nitrogens is 2. The van der Waals surface area contributed by atoms with E-state index < -0.39 is 12.1 Å². The van der Waals surface area contributed by atoms with Gasteiger partial charge < -0.3 is 32.9 Å². The van der Waals surface area contributed by atoms with Gasteiger partial charge in [0.1, 0.15) is 28.7 Å². The van der Waals surface area contributed by atoms with Gasteiger partial charge in [-0.2, -0.15) is 0 Å². The summed E-state index contributed by atoms with van der Waals surface area (Å²) >= 11 is 2.28. The third-order valence-electron chi connectivity index (χ3n) is 7.67. The number of oxazole rings is 2. The van der Waals surface area contributed by atoms with Crippen molar-refractivity contribution in [1.29, 1.82) is 0 Å². The first-order valence-corrected chi connectivity index (χ1v) is 16.5. The SMILES string of the molecule is COc1cccc(-c2nc(CI)c(C)o2)c1.COc1cccc(-c2nc(CO[C@H]3CCC[C@@H](COC(C)C(=O)O)C3)c(C)o2)c1. The minimum absolute atomic E-state index is 0.119. The van der Waals surface area contributed by atoms with Crippen LogP contribution < -0.4 is 9.47 Å². The third-order valence-corrected chi connectivity index (χ3v) is 8.39. The summed E-state index contributed by atoms with van der Waals surface area (Å²) in [5.41, 5.74) is 3.60. The minimum Gasteiger partial charge on any atom is -0.497 e. The average molecular weight is 733 g/mol. The van der Waals surface area contributed by atoms with Gasteiger partial charge in [0, 0.05) is 15.6 Å². The summed E-state index contributed by atoms with van der Waals surface area (Å²) in [6, 6.07) is 15.3. The Kier molecular flexibility index (Phi) is 12.8. The van der Waals surface area contributed by atoms with E-state index in [9.17, 15) is 4.79 Å². The van der Waals surface area contributed by atoms with Gasteiger partial charge in [-0.3, -0.25) is 0 Å². The van der Waals surface area contributed by atoms with Crippen molar-refractivity contribution in [1.82, 2.24) is 9.97 Å². The molecule has 3 atom stereocenters. The number of alkyl halides is 1. The maximum atomic E-state index is 10.9. The van der Waals surface area contributed by atoms with Gasteiger partial charge >= 0.3 is 5.97 Å². The standard InChI is InChI=1S/C22H29NO6.C12H12INO2/c1-14-20(23-21(29-14)17-7-5-8-18(11-17)26-3)13-28-19-9-4-6-16(10-19)12-27-15(2)22(24)25;1-8-11(7-13)14-12(16-8)9-4-3-5-10(6-9)15-2/h5,7-8,11,15-16,19H,4,6,9-10,12-13H2,1-3H3,(H,24,25);3-6H,7H2,1-2H3/t15?,16-,19+;/m1./s1. The highest BCUT2D eigenvalue weighted by Crippen LogP contribution is 2.30. The molecule has 10 nitrogen and oxygen atoms in total. The van der Waals surface area contributed by atoms with Crippen LogP contribution in [-0.2, 0) is 25.3 Å². The highest BCUT2D eigenvalue weighted by Gasteiger charge is 2.25. The van der Waals surface area contributed by atoms with Gasteiger partial charge in [0.15, 0.2) is 6.10 Å². The minimum atomic E-state index is -0.929. The number of hydrogen-bond donors (Lipinski definition) is 1. The van der Waals surface area contributed by atoms with E-state index in [4.69, 9.17) is 32.9 Å². The van der Waals surface area contributed by atoms with Crippen molar-refractivity contribution in [2.24, 2.45) is 5.92 Å². The van der Waals surface area contributed by atoms with E-state index in [2.05, 4.69) is 32.6 Å². The van der Waals surface area contributed by atoms with Gasteiger partial charge in [-0.25, -0.2) is 14.8 Å². The summed E-state index contributed by atoms with van der Waals surface area (Å²) in [6.45, 7) is 6.23. The van der Waals surface area contributed by atoms with E-state index in [1.807, 2.05) is 62.4 Å². The van der Waals surface area contributed by atoms with Gasteiger partial charge in [-0.1, -0.05) is 41.1 Å². The highest BCUT2D eigenvalue weighted by molar-refractivity contribution is 14.1. The van der Waals surface area contributed by atoms with Crippen molar-refractivity contribution in [3.63, 3.8) is 0 Å². The molecule has 1 unspecified atom stereocenters. The number of hydrogen-bond acceptors (Lipinski definition) is 9. The predicted molar refractivity (Wildman–Crippen MR) is 178 cm³/mol.